The van der Waals surface area contributed by atoms with Crippen molar-refractivity contribution in [3.05, 3.63) is 66.4 Å². The fourth-order valence-electron chi connectivity index (χ4n) is 3.24. The van der Waals surface area contributed by atoms with Crippen LogP contribution in [0.1, 0.15) is 23.3 Å². The summed E-state index contributed by atoms with van der Waals surface area (Å²) in [4.78, 5) is 39.7. The fraction of sp³-hybridized carbons (Fsp3) is 0.182. The maximum Gasteiger partial charge on any atom is 0.287 e. The van der Waals surface area contributed by atoms with E-state index >= 15 is 0 Å². The molecule has 0 spiro atoms. The maximum atomic E-state index is 12.6. The van der Waals surface area contributed by atoms with Gasteiger partial charge in [0, 0.05) is 35.6 Å². The van der Waals surface area contributed by atoms with Crippen LogP contribution in [0.3, 0.4) is 0 Å². The van der Waals surface area contributed by atoms with Crippen LogP contribution in [-0.2, 0) is 9.59 Å². The first-order chi connectivity index (χ1) is 15.1. The van der Waals surface area contributed by atoms with E-state index in [0.717, 1.165) is 21.9 Å². The SMILES string of the molecule is O=C(CCC(=O)N1CCSc2ccccc21)NNC(=O)c1cc(-c2ccccc2)n[nH]1. The first-order valence-electron chi connectivity index (χ1n) is 9.84. The number of H-pyrrole nitrogens is 1. The summed E-state index contributed by atoms with van der Waals surface area (Å²) in [5.41, 5.74) is 7.29. The van der Waals surface area contributed by atoms with Crippen molar-refractivity contribution in [3.8, 4) is 11.3 Å². The Kier molecular flexibility index (Phi) is 6.32. The molecule has 0 fully saturated rings. The van der Waals surface area contributed by atoms with Crippen molar-refractivity contribution in [2.45, 2.75) is 17.7 Å². The Bertz CT molecular complexity index is 1100. The second-order valence-electron chi connectivity index (χ2n) is 6.90. The van der Waals surface area contributed by atoms with E-state index in [2.05, 4.69) is 21.0 Å². The summed E-state index contributed by atoms with van der Waals surface area (Å²) in [5.74, 6) is -0.254. The van der Waals surface area contributed by atoms with E-state index in [4.69, 9.17) is 0 Å². The van der Waals surface area contributed by atoms with Crippen LogP contribution < -0.4 is 15.8 Å². The van der Waals surface area contributed by atoms with Crippen molar-refractivity contribution in [1.29, 1.82) is 0 Å². The molecular weight excluding hydrogens is 414 g/mol. The molecule has 0 saturated heterocycles. The molecule has 31 heavy (non-hydrogen) atoms. The lowest BCUT2D eigenvalue weighted by molar-refractivity contribution is -0.125. The Labute approximate surface area is 183 Å². The van der Waals surface area contributed by atoms with Crippen molar-refractivity contribution in [2.75, 3.05) is 17.2 Å². The highest BCUT2D eigenvalue weighted by Crippen LogP contribution is 2.34. The third kappa shape index (κ3) is 4.95. The van der Waals surface area contributed by atoms with Crippen LogP contribution in [0.5, 0.6) is 0 Å². The van der Waals surface area contributed by atoms with Crippen molar-refractivity contribution < 1.29 is 14.4 Å². The lowest BCUT2D eigenvalue weighted by atomic mass is 10.1. The Morgan fingerprint density at radius 2 is 1.77 bits per heavy atom. The van der Waals surface area contributed by atoms with E-state index in [0.29, 0.717) is 12.2 Å². The molecule has 3 aromatic rings. The summed E-state index contributed by atoms with van der Waals surface area (Å²) in [6.07, 6.45) is 0.0338. The standard InChI is InChI=1S/C22H21N5O3S/c28-20(10-11-21(29)27-12-13-31-19-9-5-4-8-18(19)27)25-26-22(30)17-14-16(23-24-17)15-6-2-1-3-7-15/h1-9,14H,10-13H2,(H,23,24)(H,25,28)(H,26,30). The number of hydrogen-bond acceptors (Lipinski definition) is 5. The monoisotopic (exact) mass is 435 g/mol. The summed E-state index contributed by atoms with van der Waals surface area (Å²) < 4.78 is 0. The second-order valence-corrected chi connectivity index (χ2v) is 8.03. The van der Waals surface area contributed by atoms with E-state index < -0.39 is 11.8 Å². The zero-order valence-electron chi connectivity index (χ0n) is 16.6. The molecule has 0 bridgehead atoms. The fourth-order valence-corrected chi connectivity index (χ4v) is 4.23. The Balaban J connectivity index is 1.26. The average Bonchev–Trinajstić information content (AvgIpc) is 3.32. The van der Waals surface area contributed by atoms with Gasteiger partial charge in [0.25, 0.3) is 5.91 Å². The van der Waals surface area contributed by atoms with E-state index in [1.807, 2.05) is 54.6 Å². The van der Waals surface area contributed by atoms with Crippen LogP contribution in [-0.4, -0.2) is 40.2 Å². The number of amides is 3. The summed E-state index contributed by atoms with van der Waals surface area (Å²) in [6, 6.07) is 18.8. The van der Waals surface area contributed by atoms with Gasteiger partial charge in [-0.05, 0) is 18.2 Å². The number of anilines is 1. The molecule has 0 saturated carbocycles. The second kappa shape index (κ2) is 9.48. The van der Waals surface area contributed by atoms with Gasteiger partial charge in [0.2, 0.25) is 11.8 Å². The van der Waals surface area contributed by atoms with Crippen LogP contribution in [0.25, 0.3) is 11.3 Å². The molecule has 1 aliphatic rings. The van der Waals surface area contributed by atoms with Gasteiger partial charge in [-0.1, -0.05) is 42.5 Å². The zero-order valence-corrected chi connectivity index (χ0v) is 17.4. The third-order valence-electron chi connectivity index (χ3n) is 4.80. The normalized spacial score (nSPS) is 12.7. The summed E-state index contributed by atoms with van der Waals surface area (Å²) in [7, 11) is 0. The van der Waals surface area contributed by atoms with Crippen LogP contribution in [0.15, 0.2) is 65.6 Å². The highest BCUT2D eigenvalue weighted by Gasteiger charge is 2.23. The molecule has 0 aliphatic carbocycles. The van der Waals surface area contributed by atoms with Crippen LogP contribution in [0.4, 0.5) is 5.69 Å². The first kappa shape index (κ1) is 20.7. The molecule has 9 heteroatoms. The quantitative estimate of drug-likeness (QED) is 0.534. The largest absolute Gasteiger partial charge is 0.310 e. The average molecular weight is 436 g/mol. The van der Waals surface area contributed by atoms with Crippen molar-refractivity contribution in [1.82, 2.24) is 21.0 Å². The number of aromatic nitrogens is 2. The smallest absolute Gasteiger partial charge is 0.287 e. The molecule has 2 heterocycles. The highest BCUT2D eigenvalue weighted by molar-refractivity contribution is 7.99. The Hall–Kier alpha value is -3.59. The van der Waals surface area contributed by atoms with Gasteiger partial charge in [0.05, 0.1) is 11.4 Å². The number of carbonyl (C=O) groups excluding carboxylic acids is 3. The number of benzene rings is 2. The van der Waals surface area contributed by atoms with Crippen LogP contribution in [0, 0.1) is 0 Å². The minimum absolute atomic E-state index is 0.0246. The number of carbonyl (C=O) groups is 3. The van der Waals surface area contributed by atoms with Gasteiger partial charge in [-0.3, -0.25) is 30.3 Å². The van der Waals surface area contributed by atoms with Crippen molar-refractivity contribution in [3.63, 3.8) is 0 Å². The summed E-state index contributed by atoms with van der Waals surface area (Å²) in [5, 5.41) is 6.77. The van der Waals surface area contributed by atoms with Gasteiger partial charge < -0.3 is 4.90 Å². The number of nitrogens with one attached hydrogen (secondary N) is 3. The lowest BCUT2D eigenvalue weighted by Crippen LogP contribution is -2.42. The number of hydrogen-bond donors (Lipinski definition) is 3. The number of hydrazine groups is 1. The molecule has 2 aromatic carbocycles. The van der Waals surface area contributed by atoms with Crippen LogP contribution in [0.2, 0.25) is 0 Å². The molecule has 0 unspecified atom stereocenters. The lowest BCUT2D eigenvalue weighted by Gasteiger charge is -2.29. The summed E-state index contributed by atoms with van der Waals surface area (Å²) >= 11 is 1.71. The molecule has 8 nitrogen and oxygen atoms in total. The predicted octanol–water partition coefficient (Wildman–Crippen LogP) is 2.76. The van der Waals surface area contributed by atoms with Gasteiger partial charge >= 0.3 is 0 Å². The van der Waals surface area contributed by atoms with Gasteiger partial charge in [0.15, 0.2) is 0 Å². The molecule has 4 rings (SSSR count). The third-order valence-corrected chi connectivity index (χ3v) is 5.85. The summed E-state index contributed by atoms with van der Waals surface area (Å²) in [6.45, 7) is 0.614. The first-order valence-corrected chi connectivity index (χ1v) is 10.8. The number of rotatable bonds is 5. The van der Waals surface area contributed by atoms with E-state index in [-0.39, 0.29) is 24.4 Å². The van der Waals surface area contributed by atoms with Crippen LogP contribution >= 0.6 is 11.8 Å². The minimum atomic E-state index is -0.517. The topological polar surface area (TPSA) is 107 Å². The Morgan fingerprint density at radius 1 is 1.00 bits per heavy atom. The molecule has 1 aromatic heterocycles. The van der Waals surface area contributed by atoms with Gasteiger partial charge in [-0.15, -0.1) is 11.8 Å². The number of aromatic amines is 1. The number of nitrogens with zero attached hydrogens (tertiary/aromatic N) is 2. The van der Waals surface area contributed by atoms with E-state index in [1.165, 1.54) is 0 Å². The number of thioether (sulfide) groups is 1. The van der Waals surface area contributed by atoms with Gasteiger partial charge in [-0.25, -0.2) is 0 Å². The molecule has 158 valence electrons. The molecule has 1 aliphatic heterocycles. The van der Waals surface area contributed by atoms with E-state index in [1.54, 1.807) is 22.7 Å². The van der Waals surface area contributed by atoms with Crippen molar-refractivity contribution in [2.24, 2.45) is 0 Å². The molecule has 0 radical (unpaired) electrons. The van der Waals surface area contributed by atoms with Crippen molar-refractivity contribution >= 4 is 35.2 Å². The molecule has 3 amide bonds. The van der Waals surface area contributed by atoms with E-state index in [9.17, 15) is 14.4 Å². The molecule has 3 N–H and O–H groups in total. The molecule has 0 atom stereocenters. The number of fused-ring (bicyclic) bond motifs is 1. The van der Waals surface area contributed by atoms with Gasteiger partial charge in [-0.2, -0.15) is 5.10 Å². The van der Waals surface area contributed by atoms with Gasteiger partial charge in [0.1, 0.15) is 5.69 Å². The minimum Gasteiger partial charge on any atom is -0.310 e. The molecular formula is C22H21N5O3S. The number of para-hydroxylation sites is 1. The predicted molar refractivity (Wildman–Crippen MR) is 118 cm³/mol. The Morgan fingerprint density at radius 3 is 2.61 bits per heavy atom. The highest BCUT2D eigenvalue weighted by atomic mass is 32.2. The maximum absolute atomic E-state index is 12.6. The zero-order chi connectivity index (χ0) is 21.6.